The number of nitrogens with one attached hydrogen (secondary N) is 1. The standard InChI is InChI=1S/C27H36ClN3O4S/c1-5-24(27(33)29-23-12-8-9-13-23)30(17-21-11-7-6-10-19(21)2)26(32)18-31(36(4,34)35)25-16-22(28)15-14-20(25)3/h6-7,10-11,14-16,23-24H,5,8-9,12-13,17-18H2,1-4H3,(H,29,33)/t24-/m1/s1. The van der Waals surface area contributed by atoms with Crippen molar-refractivity contribution in [2.45, 2.75) is 71.5 Å². The number of anilines is 1. The smallest absolute Gasteiger partial charge is 0.244 e. The first kappa shape index (κ1) is 28.0. The number of benzene rings is 2. The predicted molar refractivity (Wildman–Crippen MR) is 145 cm³/mol. The van der Waals surface area contributed by atoms with E-state index in [4.69, 9.17) is 11.6 Å². The number of rotatable bonds is 10. The van der Waals surface area contributed by atoms with Crippen molar-refractivity contribution in [2.75, 3.05) is 17.1 Å². The number of nitrogens with zero attached hydrogens (tertiary/aromatic N) is 2. The van der Waals surface area contributed by atoms with E-state index in [2.05, 4.69) is 5.32 Å². The van der Waals surface area contributed by atoms with Gasteiger partial charge in [0.05, 0.1) is 11.9 Å². The first-order valence-corrected chi connectivity index (χ1v) is 14.6. The maximum absolute atomic E-state index is 13.8. The molecule has 36 heavy (non-hydrogen) atoms. The van der Waals surface area contributed by atoms with E-state index in [1.54, 1.807) is 25.1 Å². The van der Waals surface area contributed by atoms with Gasteiger partial charge in [-0.2, -0.15) is 0 Å². The number of carbonyl (C=O) groups excluding carboxylic acids is 2. The van der Waals surface area contributed by atoms with Crippen molar-refractivity contribution >= 4 is 39.1 Å². The molecular formula is C27H36ClN3O4S. The Bertz CT molecular complexity index is 1200. The molecule has 1 atom stereocenters. The molecule has 0 saturated heterocycles. The van der Waals surface area contributed by atoms with Crippen molar-refractivity contribution in [2.24, 2.45) is 0 Å². The summed E-state index contributed by atoms with van der Waals surface area (Å²) in [5.41, 5.74) is 2.92. The molecule has 9 heteroatoms. The van der Waals surface area contributed by atoms with E-state index in [0.717, 1.165) is 47.4 Å². The lowest BCUT2D eigenvalue weighted by Crippen LogP contribution is -2.53. The van der Waals surface area contributed by atoms with Crippen molar-refractivity contribution in [3.63, 3.8) is 0 Å². The van der Waals surface area contributed by atoms with Crippen LogP contribution in [0, 0.1) is 13.8 Å². The van der Waals surface area contributed by atoms with Crippen molar-refractivity contribution in [1.29, 1.82) is 0 Å². The van der Waals surface area contributed by atoms with Gasteiger partial charge in [0, 0.05) is 17.6 Å². The third kappa shape index (κ3) is 7.01. The van der Waals surface area contributed by atoms with E-state index in [1.807, 2.05) is 38.1 Å². The maximum Gasteiger partial charge on any atom is 0.244 e. The molecule has 2 aromatic carbocycles. The number of sulfonamides is 1. The maximum atomic E-state index is 13.8. The second-order valence-corrected chi connectivity index (χ2v) is 11.9. The summed E-state index contributed by atoms with van der Waals surface area (Å²) in [7, 11) is -3.81. The molecule has 1 N–H and O–H groups in total. The minimum Gasteiger partial charge on any atom is -0.352 e. The lowest BCUT2D eigenvalue weighted by Gasteiger charge is -2.34. The summed E-state index contributed by atoms with van der Waals surface area (Å²) in [6.07, 6.45) is 5.50. The third-order valence-corrected chi connectivity index (χ3v) is 8.17. The van der Waals surface area contributed by atoms with Gasteiger partial charge in [-0.15, -0.1) is 0 Å². The van der Waals surface area contributed by atoms with E-state index in [1.165, 1.54) is 4.90 Å². The Labute approximate surface area is 219 Å². The molecule has 3 rings (SSSR count). The summed E-state index contributed by atoms with van der Waals surface area (Å²) in [5, 5.41) is 3.49. The fourth-order valence-corrected chi connectivity index (χ4v) is 5.77. The van der Waals surface area contributed by atoms with E-state index in [0.29, 0.717) is 22.7 Å². The van der Waals surface area contributed by atoms with Gasteiger partial charge in [0.25, 0.3) is 0 Å². The fraction of sp³-hybridized carbons (Fsp3) is 0.481. The summed E-state index contributed by atoms with van der Waals surface area (Å²) in [5.74, 6) is -0.646. The highest BCUT2D eigenvalue weighted by molar-refractivity contribution is 7.92. The van der Waals surface area contributed by atoms with Crippen LogP contribution in [0.15, 0.2) is 42.5 Å². The minimum absolute atomic E-state index is 0.114. The molecule has 7 nitrogen and oxygen atoms in total. The molecule has 1 saturated carbocycles. The van der Waals surface area contributed by atoms with Gasteiger partial charge in [-0.3, -0.25) is 13.9 Å². The highest BCUT2D eigenvalue weighted by Gasteiger charge is 2.33. The van der Waals surface area contributed by atoms with Gasteiger partial charge in [-0.05, 0) is 61.9 Å². The molecule has 196 valence electrons. The second-order valence-electron chi connectivity index (χ2n) is 9.56. The minimum atomic E-state index is -3.81. The van der Waals surface area contributed by atoms with Crippen LogP contribution in [0.25, 0.3) is 0 Å². The Hall–Kier alpha value is -2.58. The molecule has 0 spiro atoms. The average molecular weight is 534 g/mol. The van der Waals surface area contributed by atoms with Crippen LogP contribution in [0.5, 0.6) is 0 Å². The van der Waals surface area contributed by atoms with Gasteiger partial charge in [0.2, 0.25) is 21.8 Å². The van der Waals surface area contributed by atoms with Gasteiger partial charge in [0.1, 0.15) is 12.6 Å². The van der Waals surface area contributed by atoms with Crippen LogP contribution in [0.4, 0.5) is 5.69 Å². The largest absolute Gasteiger partial charge is 0.352 e. The predicted octanol–water partition coefficient (Wildman–Crippen LogP) is 4.59. The monoisotopic (exact) mass is 533 g/mol. The van der Waals surface area contributed by atoms with Gasteiger partial charge in [0.15, 0.2) is 0 Å². The molecule has 1 fully saturated rings. The molecule has 0 heterocycles. The molecule has 0 radical (unpaired) electrons. The average Bonchev–Trinajstić information content (AvgIpc) is 3.32. The van der Waals surface area contributed by atoms with Crippen molar-refractivity contribution in [1.82, 2.24) is 10.2 Å². The van der Waals surface area contributed by atoms with Crippen molar-refractivity contribution in [3.05, 3.63) is 64.2 Å². The Morgan fingerprint density at radius 1 is 1.08 bits per heavy atom. The molecule has 1 aliphatic rings. The quantitative estimate of drug-likeness (QED) is 0.484. The summed E-state index contributed by atoms with van der Waals surface area (Å²) >= 11 is 6.16. The molecule has 1 aliphatic carbocycles. The van der Waals surface area contributed by atoms with Crippen LogP contribution < -0.4 is 9.62 Å². The number of halogens is 1. The molecule has 2 aromatic rings. The first-order valence-electron chi connectivity index (χ1n) is 12.4. The Morgan fingerprint density at radius 2 is 1.75 bits per heavy atom. The van der Waals surface area contributed by atoms with Crippen LogP contribution in [-0.4, -0.2) is 50.0 Å². The van der Waals surface area contributed by atoms with Gasteiger partial charge < -0.3 is 10.2 Å². The molecular weight excluding hydrogens is 498 g/mol. The first-order chi connectivity index (χ1) is 17.0. The van der Waals surface area contributed by atoms with Crippen LogP contribution in [-0.2, 0) is 26.2 Å². The van der Waals surface area contributed by atoms with Gasteiger partial charge >= 0.3 is 0 Å². The van der Waals surface area contributed by atoms with E-state index in [9.17, 15) is 18.0 Å². The number of hydrogen-bond donors (Lipinski definition) is 1. The number of carbonyl (C=O) groups is 2. The van der Waals surface area contributed by atoms with E-state index >= 15 is 0 Å². The second kappa shape index (κ2) is 12.1. The SMILES string of the molecule is CC[C@H](C(=O)NC1CCCC1)N(Cc1ccccc1C)C(=O)CN(c1cc(Cl)ccc1C)S(C)(=O)=O. The zero-order chi connectivity index (χ0) is 26.5. The van der Waals surface area contributed by atoms with Gasteiger partial charge in [-0.25, -0.2) is 8.42 Å². The lowest BCUT2D eigenvalue weighted by molar-refractivity contribution is -0.140. The van der Waals surface area contributed by atoms with Crippen LogP contribution in [0.3, 0.4) is 0 Å². The summed E-state index contributed by atoms with van der Waals surface area (Å²) in [6, 6.07) is 12.0. The number of aryl methyl sites for hydroxylation is 2. The number of hydrogen-bond acceptors (Lipinski definition) is 4. The van der Waals surface area contributed by atoms with Crippen LogP contribution in [0.2, 0.25) is 5.02 Å². The summed E-state index contributed by atoms with van der Waals surface area (Å²) < 4.78 is 26.7. The summed E-state index contributed by atoms with van der Waals surface area (Å²) in [6.45, 7) is 5.36. The highest BCUT2D eigenvalue weighted by Crippen LogP contribution is 2.27. The molecule has 0 aliphatic heterocycles. The third-order valence-electron chi connectivity index (χ3n) is 6.81. The van der Waals surface area contributed by atoms with E-state index < -0.39 is 28.5 Å². The topological polar surface area (TPSA) is 86.8 Å². The van der Waals surface area contributed by atoms with Crippen molar-refractivity contribution < 1.29 is 18.0 Å². The fourth-order valence-electron chi connectivity index (χ4n) is 4.70. The Morgan fingerprint density at radius 3 is 2.36 bits per heavy atom. The summed E-state index contributed by atoms with van der Waals surface area (Å²) in [4.78, 5) is 28.7. The zero-order valence-electron chi connectivity index (χ0n) is 21.5. The number of amides is 2. The molecule has 0 unspecified atom stereocenters. The zero-order valence-corrected chi connectivity index (χ0v) is 23.0. The Balaban J connectivity index is 1.96. The van der Waals surface area contributed by atoms with Gasteiger partial charge in [-0.1, -0.05) is 61.7 Å². The highest BCUT2D eigenvalue weighted by atomic mass is 35.5. The van der Waals surface area contributed by atoms with E-state index in [-0.39, 0.29) is 18.5 Å². The Kier molecular flexibility index (Phi) is 9.41. The molecule has 0 bridgehead atoms. The normalized spacial score (nSPS) is 14.9. The van der Waals surface area contributed by atoms with Crippen molar-refractivity contribution in [3.8, 4) is 0 Å². The van der Waals surface area contributed by atoms with Crippen LogP contribution >= 0.6 is 11.6 Å². The lowest BCUT2D eigenvalue weighted by atomic mass is 10.1. The van der Waals surface area contributed by atoms with Crippen LogP contribution in [0.1, 0.15) is 55.7 Å². The molecule has 0 aromatic heterocycles. The molecule has 2 amide bonds.